The van der Waals surface area contributed by atoms with E-state index in [1.165, 1.54) is 6.92 Å². The molecule has 1 fully saturated rings. The molecule has 31 heavy (non-hydrogen) atoms. The number of likely N-dealkylation sites (tertiary alicyclic amines) is 1. The Morgan fingerprint density at radius 1 is 0.935 bits per heavy atom. The lowest BCUT2D eigenvalue weighted by molar-refractivity contribution is -0.130. The number of aromatic nitrogens is 1. The fourth-order valence-electron chi connectivity index (χ4n) is 3.87. The molecule has 7 heteroatoms. The number of amides is 2. The molecule has 1 saturated heterocycles. The zero-order valence-electron chi connectivity index (χ0n) is 17.3. The Balaban J connectivity index is 1.56. The number of rotatable bonds is 6. The molecule has 0 bridgehead atoms. The van der Waals surface area contributed by atoms with Crippen molar-refractivity contribution in [1.29, 1.82) is 0 Å². The lowest BCUT2D eigenvalue weighted by Gasteiger charge is -2.15. The van der Waals surface area contributed by atoms with Gasteiger partial charge in [0.25, 0.3) is 11.7 Å². The monoisotopic (exact) mass is 417 g/mol. The molecule has 0 aliphatic carbocycles. The van der Waals surface area contributed by atoms with Gasteiger partial charge in [-0.05, 0) is 50.1 Å². The van der Waals surface area contributed by atoms with Gasteiger partial charge in [-0.15, -0.1) is 0 Å². The van der Waals surface area contributed by atoms with Gasteiger partial charge in [0.15, 0.2) is 5.78 Å². The van der Waals surface area contributed by atoms with Gasteiger partial charge in [-0.3, -0.25) is 19.2 Å². The fraction of sp³-hybridized carbons (Fsp3) is 0.250. The first-order valence-corrected chi connectivity index (χ1v) is 10.3. The van der Waals surface area contributed by atoms with Crippen molar-refractivity contribution in [2.75, 3.05) is 18.4 Å². The number of nitrogens with zero attached hydrogens (tertiary/aromatic N) is 2. The van der Waals surface area contributed by atoms with E-state index in [2.05, 4.69) is 5.32 Å². The smallest absolute Gasteiger partial charge is 0.296 e. The van der Waals surface area contributed by atoms with Gasteiger partial charge in [-0.2, -0.15) is 0 Å². The Kier molecular flexibility index (Phi) is 5.66. The molecule has 1 aromatic heterocycles. The van der Waals surface area contributed by atoms with Gasteiger partial charge in [-0.25, -0.2) is 0 Å². The zero-order valence-corrected chi connectivity index (χ0v) is 17.3. The number of Topliss-reactive ketones (excluding diaryl/α,β-unsaturated/α-hetero) is 2. The SMILES string of the molecule is CC(=O)c1ccc(NC(=O)C(=O)c2cn(CC(=O)N3CCCC3)c3ccccc23)cc1. The van der Waals surface area contributed by atoms with E-state index >= 15 is 0 Å². The van der Waals surface area contributed by atoms with Crippen molar-refractivity contribution >= 4 is 40.0 Å². The summed E-state index contributed by atoms with van der Waals surface area (Å²) < 4.78 is 1.73. The Labute approximate surface area is 179 Å². The molecule has 2 heterocycles. The van der Waals surface area contributed by atoms with Crippen LogP contribution in [0.5, 0.6) is 0 Å². The molecule has 7 nitrogen and oxygen atoms in total. The van der Waals surface area contributed by atoms with Gasteiger partial charge >= 0.3 is 0 Å². The first-order valence-electron chi connectivity index (χ1n) is 10.3. The summed E-state index contributed by atoms with van der Waals surface area (Å²) >= 11 is 0. The first-order chi connectivity index (χ1) is 14.9. The Hall–Kier alpha value is -3.74. The standard InChI is InChI=1S/C24H23N3O4/c1-16(28)17-8-10-18(11-9-17)25-24(31)23(30)20-14-27(21-7-3-2-6-19(20)21)15-22(29)26-12-4-5-13-26/h2-3,6-11,14H,4-5,12-13,15H2,1H3,(H,25,31). The number of nitrogens with one attached hydrogen (secondary N) is 1. The highest BCUT2D eigenvalue weighted by Gasteiger charge is 2.24. The summed E-state index contributed by atoms with van der Waals surface area (Å²) in [5, 5.41) is 3.21. The highest BCUT2D eigenvalue weighted by atomic mass is 16.2. The molecule has 3 aromatic rings. The maximum Gasteiger partial charge on any atom is 0.296 e. The Morgan fingerprint density at radius 2 is 1.61 bits per heavy atom. The van der Waals surface area contributed by atoms with Crippen LogP contribution in [0.25, 0.3) is 10.9 Å². The fourth-order valence-corrected chi connectivity index (χ4v) is 3.87. The van der Waals surface area contributed by atoms with Gasteiger partial charge in [0.05, 0.1) is 5.56 Å². The average molecular weight is 417 g/mol. The average Bonchev–Trinajstić information content (AvgIpc) is 3.42. The summed E-state index contributed by atoms with van der Waals surface area (Å²) in [6.07, 6.45) is 3.60. The maximum atomic E-state index is 12.9. The van der Waals surface area contributed by atoms with E-state index in [0.29, 0.717) is 16.6 Å². The van der Waals surface area contributed by atoms with Gasteiger partial charge in [0.2, 0.25) is 5.91 Å². The second kappa shape index (κ2) is 8.55. The second-order valence-corrected chi connectivity index (χ2v) is 7.69. The van der Waals surface area contributed by atoms with Crippen LogP contribution in [-0.2, 0) is 16.1 Å². The summed E-state index contributed by atoms with van der Waals surface area (Å²) in [7, 11) is 0. The molecule has 2 aromatic carbocycles. The van der Waals surface area contributed by atoms with Crippen molar-refractivity contribution in [3.63, 3.8) is 0 Å². The molecule has 0 saturated carbocycles. The van der Waals surface area contributed by atoms with Crippen LogP contribution in [0.3, 0.4) is 0 Å². The highest BCUT2D eigenvalue weighted by molar-refractivity contribution is 6.48. The molecule has 0 radical (unpaired) electrons. The molecule has 1 aliphatic heterocycles. The summed E-state index contributed by atoms with van der Waals surface area (Å²) in [5.41, 5.74) is 1.94. The predicted molar refractivity (Wildman–Crippen MR) is 117 cm³/mol. The molecule has 0 unspecified atom stereocenters. The van der Waals surface area contributed by atoms with Crippen LogP contribution in [0.2, 0.25) is 0 Å². The van der Waals surface area contributed by atoms with E-state index < -0.39 is 11.7 Å². The van der Waals surface area contributed by atoms with E-state index in [-0.39, 0.29) is 23.8 Å². The Morgan fingerprint density at radius 3 is 2.29 bits per heavy atom. The van der Waals surface area contributed by atoms with E-state index in [9.17, 15) is 19.2 Å². The van der Waals surface area contributed by atoms with Crippen molar-refractivity contribution in [2.45, 2.75) is 26.3 Å². The zero-order chi connectivity index (χ0) is 22.0. The Bertz CT molecular complexity index is 1170. The van der Waals surface area contributed by atoms with Crippen LogP contribution in [0.1, 0.15) is 40.5 Å². The van der Waals surface area contributed by atoms with E-state index in [0.717, 1.165) is 31.4 Å². The van der Waals surface area contributed by atoms with Crippen LogP contribution >= 0.6 is 0 Å². The molecule has 1 aliphatic rings. The number of hydrogen-bond donors (Lipinski definition) is 1. The molecule has 4 rings (SSSR count). The molecular formula is C24H23N3O4. The van der Waals surface area contributed by atoms with Crippen molar-refractivity contribution in [1.82, 2.24) is 9.47 Å². The quantitative estimate of drug-likeness (QED) is 0.492. The maximum absolute atomic E-state index is 12.9. The molecular weight excluding hydrogens is 394 g/mol. The van der Waals surface area contributed by atoms with E-state index in [1.54, 1.807) is 47.2 Å². The molecule has 158 valence electrons. The van der Waals surface area contributed by atoms with Crippen LogP contribution in [-0.4, -0.2) is 45.9 Å². The number of hydrogen-bond acceptors (Lipinski definition) is 4. The topological polar surface area (TPSA) is 88.5 Å². The lowest BCUT2D eigenvalue weighted by Crippen LogP contribution is -2.30. The molecule has 0 spiro atoms. The minimum Gasteiger partial charge on any atom is -0.341 e. The number of ketones is 2. The van der Waals surface area contributed by atoms with Crippen LogP contribution in [0.4, 0.5) is 5.69 Å². The molecule has 0 atom stereocenters. The van der Waals surface area contributed by atoms with Gasteiger partial charge in [0, 0.05) is 41.4 Å². The summed E-state index contributed by atoms with van der Waals surface area (Å²) in [6.45, 7) is 3.10. The minimum absolute atomic E-state index is 0.00673. The summed E-state index contributed by atoms with van der Waals surface area (Å²) in [4.78, 5) is 51.3. The number of para-hydroxylation sites is 1. The number of carbonyl (C=O) groups excluding carboxylic acids is 4. The molecule has 1 N–H and O–H groups in total. The van der Waals surface area contributed by atoms with Crippen molar-refractivity contribution in [3.05, 3.63) is 65.9 Å². The van der Waals surface area contributed by atoms with E-state index in [4.69, 9.17) is 0 Å². The first kappa shape index (κ1) is 20.5. The summed E-state index contributed by atoms with van der Waals surface area (Å²) in [6, 6.07) is 13.6. The minimum atomic E-state index is -0.774. The van der Waals surface area contributed by atoms with Crippen LogP contribution in [0, 0.1) is 0 Å². The van der Waals surface area contributed by atoms with Gasteiger partial charge in [-0.1, -0.05) is 18.2 Å². The van der Waals surface area contributed by atoms with E-state index in [1.807, 2.05) is 17.0 Å². The van der Waals surface area contributed by atoms with Crippen molar-refractivity contribution < 1.29 is 19.2 Å². The third-order valence-electron chi connectivity index (χ3n) is 5.55. The van der Waals surface area contributed by atoms with Gasteiger partial charge < -0.3 is 14.8 Å². The lowest BCUT2D eigenvalue weighted by atomic mass is 10.1. The predicted octanol–water partition coefficient (Wildman–Crippen LogP) is 3.29. The van der Waals surface area contributed by atoms with Crippen LogP contribution in [0.15, 0.2) is 54.7 Å². The van der Waals surface area contributed by atoms with Gasteiger partial charge in [0.1, 0.15) is 6.54 Å². The number of benzene rings is 2. The van der Waals surface area contributed by atoms with Crippen LogP contribution < -0.4 is 5.32 Å². The normalized spacial score (nSPS) is 13.4. The van der Waals surface area contributed by atoms with Crippen molar-refractivity contribution in [3.8, 4) is 0 Å². The third kappa shape index (κ3) is 4.26. The third-order valence-corrected chi connectivity index (χ3v) is 5.55. The largest absolute Gasteiger partial charge is 0.341 e. The second-order valence-electron chi connectivity index (χ2n) is 7.69. The number of anilines is 1. The summed E-state index contributed by atoms with van der Waals surface area (Å²) in [5.74, 6) is -1.53. The van der Waals surface area contributed by atoms with Crippen molar-refractivity contribution in [2.24, 2.45) is 0 Å². The molecule has 2 amide bonds. The number of fused-ring (bicyclic) bond motifs is 1. The number of carbonyl (C=O) groups is 4. The highest BCUT2D eigenvalue weighted by Crippen LogP contribution is 2.23.